The highest BCUT2D eigenvalue weighted by molar-refractivity contribution is 5.74. The smallest absolute Gasteiger partial charge is 0.317 e. The van der Waals surface area contributed by atoms with E-state index in [4.69, 9.17) is 0 Å². The number of nitrogens with one attached hydrogen (secondary N) is 1. The van der Waals surface area contributed by atoms with E-state index >= 15 is 0 Å². The fourth-order valence-electron chi connectivity index (χ4n) is 3.40. The van der Waals surface area contributed by atoms with E-state index in [0.717, 1.165) is 30.5 Å². The molecule has 0 saturated carbocycles. The topological polar surface area (TPSA) is 70.4 Å². The average molecular weight is 342 g/mol. The molecule has 1 aromatic heterocycles. The molecule has 1 aliphatic heterocycles. The highest BCUT2D eigenvalue weighted by atomic mass is 16.3. The maximum atomic E-state index is 12.5. The Morgan fingerprint density at radius 1 is 1.32 bits per heavy atom. The SMILES string of the molecule is CCC1(CO)CCN(C(=O)NCc2ccccc2-n2ccnc2)CC1. The number of benzene rings is 1. The van der Waals surface area contributed by atoms with Crippen LogP contribution in [0.25, 0.3) is 5.69 Å². The summed E-state index contributed by atoms with van der Waals surface area (Å²) in [6.45, 7) is 4.19. The number of rotatable bonds is 5. The third-order valence-corrected chi connectivity index (χ3v) is 5.40. The van der Waals surface area contributed by atoms with Crippen LogP contribution in [0.15, 0.2) is 43.0 Å². The second kappa shape index (κ2) is 7.70. The van der Waals surface area contributed by atoms with E-state index in [9.17, 15) is 9.90 Å². The first-order chi connectivity index (χ1) is 12.2. The number of carbonyl (C=O) groups is 1. The van der Waals surface area contributed by atoms with Gasteiger partial charge in [-0.05, 0) is 36.3 Å². The summed E-state index contributed by atoms with van der Waals surface area (Å²) in [6.07, 6.45) is 8.06. The van der Waals surface area contributed by atoms with Gasteiger partial charge >= 0.3 is 6.03 Å². The molecule has 0 radical (unpaired) electrons. The number of nitrogens with zero attached hydrogens (tertiary/aromatic N) is 3. The van der Waals surface area contributed by atoms with Crippen LogP contribution >= 0.6 is 0 Å². The summed E-state index contributed by atoms with van der Waals surface area (Å²) in [4.78, 5) is 18.4. The lowest BCUT2D eigenvalue weighted by Crippen LogP contribution is -2.48. The molecule has 0 spiro atoms. The number of hydrogen-bond acceptors (Lipinski definition) is 3. The predicted octanol–water partition coefficient (Wildman–Crippen LogP) is 2.57. The average Bonchev–Trinajstić information content (AvgIpc) is 3.21. The van der Waals surface area contributed by atoms with E-state index in [-0.39, 0.29) is 18.1 Å². The van der Waals surface area contributed by atoms with Gasteiger partial charge in [-0.3, -0.25) is 0 Å². The zero-order valence-electron chi connectivity index (χ0n) is 14.7. The molecule has 2 aromatic rings. The fraction of sp³-hybridized carbons (Fsp3) is 0.474. The zero-order valence-corrected chi connectivity index (χ0v) is 14.7. The van der Waals surface area contributed by atoms with Gasteiger partial charge in [0.1, 0.15) is 0 Å². The van der Waals surface area contributed by atoms with Gasteiger partial charge in [0, 0.05) is 38.6 Å². The molecule has 1 aliphatic rings. The number of aliphatic hydroxyl groups is 1. The summed E-state index contributed by atoms with van der Waals surface area (Å²) in [5.74, 6) is 0. The molecular formula is C19H26N4O2. The largest absolute Gasteiger partial charge is 0.396 e. The Bertz CT molecular complexity index is 685. The molecule has 2 amide bonds. The van der Waals surface area contributed by atoms with E-state index in [1.165, 1.54) is 0 Å². The predicted molar refractivity (Wildman–Crippen MR) is 96.4 cm³/mol. The zero-order chi connectivity index (χ0) is 17.7. The third kappa shape index (κ3) is 3.85. The van der Waals surface area contributed by atoms with Crippen LogP contribution in [-0.4, -0.2) is 45.3 Å². The Morgan fingerprint density at radius 3 is 2.72 bits per heavy atom. The monoisotopic (exact) mass is 342 g/mol. The number of imidazole rings is 1. The first kappa shape index (κ1) is 17.5. The second-order valence-electron chi connectivity index (χ2n) is 6.76. The molecule has 6 heteroatoms. The van der Waals surface area contributed by atoms with E-state index in [1.54, 1.807) is 12.5 Å². The Labute approximate surface area is 148 Å². The van der Waals surface area contributed by atoms with Crippen LogP contribution in [-0.2, 0) is 6.54 Å². The minimum Gasteiger partial charge on any atom is -0.396 e. The molecule has 0 bridgehead atoms. The molecule has 2 N–H and O–H groups in total. The molecule has 6 nitrogen and oxygen atoms in total. The van der Waals surface area contributed by atoms with E-state index < -0.39 is 0 Å². The summed E-state index contributed by atoms with van der Waals surface area (Å²) in [6, 6.07) is 7.94. The van der Waals surface area contributed by atoms with Gasteiger partial charge < -0.3 is 19.9 Å². The van der Waals surface area contributed by atoms with Crippen molar-refractivity contribution in [3.05, 3.63) is 48.5 Å². The fourth-order valence-corrected chi connectivity index (χ4v) is 3.40. The quantitative estimate of drug-likeness (QED) is 0.877. The molecule has 0 unspecified atom stereocenters. The summed E-state index contributed by atoms with van der Waals surface area (Å²) < 4.78 is 1.94. The Morgan fingerprint density at radius 2 is 2.08 bits per heavy atom. The third-order valence-electron chi connectivity index (χ3n) is 5.40. The normalized spacial score (nSPS) is 16.6. The van der Waals surface area contributed by atoms with E-state index in [1.807, 2.05) is 39.9 Å². The summed E-state index contributed by atoms with van der Waals surface area (Å²) in [7, 11) is 0. The minimum absolute atomic E-state index is 0.00912. The number of aliphatic hydroxyl groups excluding tert-OH is 1. The molecule has 0 atom stereocenters. The molecule has 134 valence electrons. The molecule has 3 rings (SSSR count). The van der Waals surface area contributed by atoms with Crippen molar-refractivity contribution in [2.75, 3.05) is 19.7 Å². The molecule has 2 heterocycles. The van der Waals surface area contributed by atoms with Gasteiger partial charge in [-0.1, -0.05) is 25.1 Å². The maximum Gasteiger partial charge on any atom is 0.317 e. The van der Waals surface area contributed by atoms with Gasteiger partial charge in [-0.25, -0.2) is 9.78 Å². The lowest BCUT2D eigenvalue weighted by Gasteiger charge is -2.40. The first-order valence-corrected chi connectivity index (χ1v) is 8.87. The molecule has 0 aliphatic carbocycles. The van der Waals surface area contributed by atoms with Crippen LogP contribution in [0, 0.1) is 5.41 Å². The number of carbonyl (C=O) groups excluding carboxylic acids is 1. The van der Waals surface area contributed by atoms with Crippen molar-refractivity contribution in [3.8, 4) is 5.69 Å². The molecule has 25 heavy (non-hydrogen) atoms. The van der Waals surface area contributed by atoms with Crippen LogP contribution in [0.4, 0.5) is 4.79 Å². The van der Waals surface area contributed by atoms with Crippen LogP contribution in [0.1, 0.15) is 31.7 Å². The minimum atomic E-state index is -0.0388. The number of piperidine rings is 1. The van der Waals surface area contributed by atoms with Gasteiger partial charge in [0.2, 0.25) is 0 Å². The van der Waals surface area contributed by atoms with Crippen LogP contribution < -0.4 is 5.32 Å². The highest BCUT2D eigenvalue weighted by Gasteiger charge is 2.33. The van der Waals surface area contributed by atoms with Crippen molar-refractivity contribution in [1.82, 2.24) is 19.8 Å². The highest BCUT2D eigenvalue weighted by Crippen LogP contribution is 2.34. The number of hydrogen-bond donors (Lipinski definition) is 2. The number of aromatic nitrogens is 2. The standard InChI is InChI=1S/C19H26N4O2/c1-2-19(14-24)7-10-22(11-8-19)18(25)21-13-16-5-3-4-6-17(16)23-12-9-20-15-23/h3-6,9,12,15,24H,2,7-8,10-11,13-14H2,1H3,(H,21,25). The Hall–Kier alpha value is -2.34. The summed E-state index contributed by atoms with van der Waals surface area (Å²) in [5, 5.41) is 12.6. The molecule has 1 fully saturated rings. The second-order valence-corrected chi connectivity index (χ2v) is 6.76. The maximum absolute atomic E-state index is 12.5. The van der Waals surface area contributed by atoms with Crippen molar-refractivity contribution in [3.63, 3.8) is 0 Å². The molecule has 1 saturated heterocycles. The molecule has 1 aromatic carbocycles. The summed E-state index contributed by atoms with van der Waals surface area (Å²) in [5.41, 5.74) is 2.05. The van der Waals surface area contributed by atoms with Gasteiger partial charge in [0.05, 0.1) is 12.0 Å². The number of likely N-dealkylation sites (tertiary alicyclic amines) is 1. The van der Waals surface area contributed by atoms with Crippen LogP contribution in [0.2, 0.25) is 0 Å². The Balaban J connectivity index is 1.59. The van der Waals surface area contributed by atoms with Gasteiger partial charge in [-0.15, -0.1) is 0 Å². The van der Waals surface area contributed by atoms with Crippen LogP contribution in [0.3, 0.4) is 0 Å². The van der Waals surface area contributed by atoms with Crippen molar-refractivity contribution in [2.45, 2.75) is 32.7 Å². The summed E-state index contributed by atoms with van der Waals surface area (Å²) >= 11 is 0. The van der Waals surface area contributed by atoms with Gasteiger partial charge in [-0.2, -0.15) is 0 Å². The lowest BCUT2D eigenvalue weighted by molar-refractivity contribution is 0.0519. The van der Waals surface area contributed by atoms with Crippen molar-refractivity contribution < 1.29 is 9.90 Å². The van der Waals surface area contributed by atoms with Crippen molar-refractivity contribution >= 4 is 6.03 Å². The van der Waals surface area contributed by atoms with Gasteiger partial charge in [0.15, 0.2) is 0 Å². The molecular weight excluding hydrogens is 316 g/mol. The number of amides is 2. The first-order valence-electron chi connectivity index (χ1n) is 8.87. The lowest BCUT2D eigenvalue weighted by atomic mass is 9.77. The van der Waals surface area contributed by atoms with E-state index in [2.05, 4.69) is 17.2 Å². The number of urea groups is 1. The van der Waals surface area contributed by atoms with Gasteiger partial charge in [0.25, 0.3) is 0 Å². The van der Waals surface area contributed by atoms with Crippen molar-refractivity contribution in [1.29, 1.82) is 0 Å². The Kier molecular flexibility index (Phi) is 5.38. The van der Waals surface area contributed by atoms with Crippen LogP contribution in [0.5, 0.6) is 0 Å². The van der Waals surface area contributed by atoms with Crippen molar-refractivity contribution in [2.24, 2.45) is 5.41 Å². The number of para-hydroxylation sites is 1. The van der Waals surface area contributed by atoms with E-state index in [0.29, 0.717) is 19.6 Å².